The van der Waals surface area contributed by atoms with E-state index in [1.807, 2.05) is 6.92 Å². The summed E-state index contributed by atoms with van der Waals surface area (Å²) in [5, 5.41) is 2.69. The maximum Gasteiger partial charge on any atom is 0.238 e. The van der Waals surface area contributed by atoms with Crippen molar-refractivity contribution in [2.75, 3.05) is 30.7 Å². The second-order valence-electron chi connectivity index (χ2n) is 3.91. The van der Waals surface area contributed by atoms with Gasteiger partial charge in [-0.05, 0) is 18.7 Å². The van der Waals surface area contributed by atoms with Crippen molar-refractivity contribution in [1.82, 2.24) is 4.90 Å². The SMILES string of the molecule is CCN(CC(N)=O)CC(=O)Nc1ccccc1N. The third-order valence-electron chi connectivity index (χ3n) is 2.43. The summed E-state index contributed by atoms with van der Waals surface area (Å²) in [5.74, 6) is -0.681. The van der Waals surface area contributed by atoms with Gasteiger partial charge in [0.1, 0.15) is 0 Å². The Morgan fingerprint density at radius 2 is 1.94 bits per heavy atom. The minimum Gasteiger partial charge on any atom is -0.397 e. The van der Waals surface area contributed by atoms with Gasteiger partial charge in [0, 0.05) is 0 Å². The van der Waals surface area contributed by atoms with Crippen molar-refractivity contribution < 1.29 is 9.59 Å². The second-order valence-corrected chi connectivity index (χ2v) is 3.91. The maximum absolute atomic E-state index is 11.8. The zero-order valence-electron chi connectivity index (χ0n) is 10.3. The first-order chi connectivity index (χ1) is 8.52. The van der Waals surface area contributed by atoms with Crippen LogP contribution in [-0.2, 0) is 9.59 Å². The van der Waals surface area contributed by atoms with Gasteiger partial charge in [0.25, 0.3) is 0 Å². The lowest BCUT2D eigenvalue weighted by atomic mass is 10.2. The van der Waals surface area contributed by atoms with Gasteiger partial charge in [0.05, 0.1) is 24.5 Å². The van der Waals surface area contributed by atoms with Gasteiger partial charge in [-0.1, -0.05) is 19.1 Å². The van der Waals surface area contributed by atoms with Crippen molar-refractivity contribution in [1.29, 1.82) is 0 Å². The van der Waals surface area contributed by atoms with E-state index in [0.717, 1.165) is 0 Å². The van der Waals surface area contributed by atoms with Gasteiger partial charge in [0.15, 0.2) is 0 Å². The van der Waals surface area contributed by atoms with Crippen LogP contribution in [0.15, 0.2) is 24.3 Å². The van der Waals surface area contributed by atoms with Crippen LogP contribution in [0.3, 0.4) is 0 Å². The number of nitrogen functional groups attached to an aromatic ring is 1. The van der Waals surface area contributed by atoms with E-state index in [0.29, 0.717) is 17.9 Å². The number of amides is 2. The van der Waals surface area contributed by atoms with Crippen LogP contribution in [0.2, 0.25) is 0 Å². The molecule has 6 heteroatoms. The minimum absolute atomic E-state index is 0.0637. The van der Waals surface area contributed by atoms with E-state index in [1.165, 1.54) is 0 Å². The molecule has 0 aliphatic rings. The normalized spacial score (nSPS) is 10.3. The van der Waals surface area contributed by atoms with Crippen LogP contribution < -0.4 is 16.8 Å². The molecule has 0 aliphatic carbocycles. The van der Waals surface area contributed by atoms with E-state index < -0.39 is 5.91 Å². The molecule has 0 bridgehead atoms. The van der Waals surface area contributed by atoms with Crippen molar-refractivity contribution in [3.8, 4) is 0 Å². The lowest BCUT2D eigenvalue weighted by molar-refractivity contribution is -0.121. The van der Waals surface area contributed by atoms with Gasteiger partial charge in [-0.25, -0.2) is 0 Å². The van der Waals surface area contributed by atoms with Crippen LogP contribution in [0.25, 0.3) is 0 Å². The van der Waals surface area contributed by atoms with Crippen molar-refractivity contribution in [3.63, 3.8) is 0 Å². The lowest BCUT2D eigenvalue weighted by Gasteiger charge is -2.18. The summed E-state index contributed by atoms with van der Waals surface area (Å²) in [6.45, 7) is 2.59. The van der Waals surface area contributed by atoms with Crippen LogP contribution in [0.5, 0.6) is 0 Å². The largest absolute Gasteiger partial charge is 0.397 e. The second kappa shape index (κ2) is 6.61. The molecule has 6 nitrogen and oxygen atoms in total. The van der Waals surface area contributed by atoms with E-state index in [1.54, 1.807) is 29.2 Å². The molecule has 98 valence electrons. The highest BCUT2D eigenvalue weighted by Crippen LogP contribution is 2.16. The van der Waals surface area contributed by atoms with Gasteiger partial charge in [-0.3, -0.25) is 14.5 Å². The predicted molar refractivity (Wildman–Crippen MR) is 70.8 cm³/mol. The van der Waals surface area contributed by atoms with Crippen LogP contribution in [-0.4, -0.2) is 36.3 Å². The highest BCUT2D eigenvalue weighted by atomic mass is 16.2. The van der Waals surface area contributed by atoms with Gasteiger partial charge in [-0.2, -0.15) is 0 Å². The van der Waals surface area contributed by atoms with Crippen LogP contribution >= 0.6 is 0 Å². The van der Waals surface area contributed by atoms with Gasteiger partial charge >= 0.3 is 0 Å². The molecule has 5 N–H and O–H groups in total. The molecule has 0 spiro atoms. The summed E-state index contributed by atoms with van der Waals surface area (Å²) >= 11 is 0. The minimum atomic E-state index is -0.455. The molecule has 0 saturated heterocycles. The number of hydrogen-bond acceptors (Lipinski definition) is 4. The summed E-state index contributed by atoms with van der Waals surface area (Å²) < 4.78 is 0. The Balaban J connectivity index is 2.55. The number of carbonyl (C=O) groups is 2. The van der Waals surface area contributed by atoms with Crippen molar-refractivity contribution >= 4 is 23.2 Å². The number of rotatable bonds is 6. The van der Waals surface area contributed by atoms with E-state index >= 15 is 0 Å². The van der Waals surface area contributed by atoms with Crippen molar-refractivity contribution in [2.24, 2.45) is 5.73 Å². The Morgan fingerprint density at radius 3 is 2.50 bits per heavy atom. The van der Waals surface area contributed by atoms with Crippen molar-refractivity contribution in [2.45, 2.75) is 6.92 Å². The van der Waals surface area contributed by atoms with E-state index in [2.05, 4.69) is 5.32 Å². The Bertz CT molecular complexity index is 434. The maximum atomic E-state index is 11.8. The summed E-state index contributed by atoms with van der Waals surface area (Å²) in [6.07, 6.45) is 0. The average Bonchev–Trinajstić information content (AvgIpc) is 2.30. The summed E-state index contributed by atoms with van der Waals surface area (Å²) in [7, 11) is 0. The van der Waals surface area contributed by atoms with Gasteiger partial charge in [-0.15, -0.1) is 0 Å². The molecular formula is C12H18N4O2. The number of nitrogens with one attached hydrogen (secondary N) is 1. The smallest absolute Gasteiger partial charge is 0.238 e. The zero-order chi connectivity index (χ0) is 13.5. The number of anilines is 2. The van der Waals surface area contributed by atoms with E-state index in [9.17, 15) is 9.59 Å². The molecular weight excluding hydrogens is 232 g/mol. The molecule has 2 amide bonds. The molecule has 0 aliphatic heterocycles. The monoisotopic (exact) mass is 250 g/mol. The third kappa shape index (κ3) is 4.42. The molecule has 0 aromatic heterocycles. The number of benzene rings is 1. The molecule has 0 atom stereocenters. The quantitative estimate of drug-likeness (QED) is 0.619. The number of hydrogen-bond donors (Lipinski definition) is 3. The summed E-state index contributed by atoms with van der Waals surface area (Å²) in [6, 6.07) is 7.00. The molecule has 1 aromatic carbocycles. The number of nitrogens with two attached hydrogens (primary N) is 2. The Kier molecular flexibility index (Phi) is 5.13. The number of primary amides is 1. The lowest BCUT2D eigenvalue weighted by Crippen LogP contribution is -2.39. The molecule has 0 heterocycles. The van der Waals surface area contributed by atoms with Crippen LogP contribution in [0.1, 0.15) is 6.92 Å². The molecule has 0 saturated carbocycles. The number of carbonyl (C=O) groups excluding carboxylic acids is 2. The third-order valence-corrected chi connectivity index (χ3v) is 2.43. The standard InChI is InChI=1S/C12H18N4O2/c1-2-16(7-11(14)17)8-12(18)15-10-6-4-3-5-9(10)13/h3-6H,2,7-8,13H2,1H3,(H2,14,17)(H,15,18). The average molecular weight is 250 g/mol. The first-order valence-electron chi connectivity index (χ1n) is 5.68. The molecule has 18 heavy (non-hydrogen) atoms. The van der Waals surface area contributed by atoms with E-state index in [-0.39, 0.29) is 19.0 Å². The Labute approximate surface area is 106 Å². The molecule has 0 unspecified atom stereocenters. The summed E-state index contributed by atoms with van der Waals surface area (Å²) in [5.41, 5.74) is 11.9. The predicted octanol–water partition coefficient (Wildman–Crippen LogP) is 0.0145. The van der Waals surface area contributed by atoms with Crippen LogP contribution in [0, 0.1) is 0 Å². The first kappa shape index (κ1) is 14.0. The molecule has 0 fully saturated rings. The Morgan fingerprint density at radius 1 is 1.28 bits per heavy atom. The fourth-order valence-electron chi connectivity index (χ4n) is 1.50. The first-order valence-corrected chi connectivity index (χ1v) is 5.68. The van der Waals surface area contributed by atoms with Crippen LogP contribution in [0.4, 0.5) is 11.4 Å². The fourth-order valence-corrected chi connectivity index (χ4v) is 1.50. The number of para-hydroxylation sites is 2. The topological polar surface area (TPSA) is 101 Å². The van der Waals surface area contributed by atoms with Gasteiger partial charge in [0.2, 0.25) is 11.8 Å². The van der Waals surface area contributed by atoms with Gasteiger partial charge < -0.3 is 16.8 Å². The number of likely N-dealkylation sites (N-methyl/N-ethyl adjacent to an activating group) is 1. The Hall–Kier alpha value is -2.08. The zero-order valence-corrected chi connectivity index (χ0v) is 10.3. The highest BCUT2D eigenvalue weighted by molar-refractivity contribution is 5.95. The highest BCUT2D eigenvalue weighted by Gasteiger charge is 2.12. The molecule has 0 radical (unpaired) electrons. The fraction of sp³-hybridized carbons (Fsp3) is 0.333. The molecule has 1 rings (SSSR count). The van der Waals surface area contributed by atoms with E-state index in [4.69, 9.17) is 11.5 Å². The molecule has 1 aromatic rings. The van der Waals surface area contributed by atoms with Crippen molar-refractivity contribution in [3.05, 3.63) is 24.3 Å². The summed E-state index contributed by atoms with van der Waals surface area (Å²) in [4.78, 5) is 24.2. The number of nitrogens with zero attached hydrogens (tertiary/aromatic N) is 1.